The maximum Gasteiger partial charge on any atom is 0.188 e. The number of rotatable bonds is 11. The van der Waals surface area contributed by atoms with Crippen LogP contribution in [0.1, 0.15) is 32.6 Å². The lowest BCUT2D eigenvalue weighted by atomic mass is 10.2. The molecule has 1 heterocycles. The number of allylic oxidation sites excluding steroid dienone is 1. The molecule has 108 valence electrons. The van der Waals surface area contributed by atoms with Crippen LogP contribution in [-0.4, -0.2) is 29.4 Å². The zero-order chi connectivity index (χ0) is 13.9. The van der Waals surface area contributed by atoms with Crippen LogP contribution in [0.3, 0.4) is 0 Å². The minimum absolute atomic E-state index is 0.315. The molecule has 1 aromatic rings. The number of ether oxygens (including phenoxy) is 2. The second-order valence-corrected chi connectivity index (χ2v) is 7.02. The largest absolute Gasteiger partial charge is 0.473 e. The standard InChI is InChI=1S/C12H20N2O2S3/c1-10(2)16-9-15-7-5-3-4-6-8-18-12-14-13-11(17)19-12/h1,3-9H2,2H3,(H,13,17). The Kier molecular flexibility index (Phi) is 9.15. The number of unbranched alkanes of at least 4 members (excludes halogenated alkanes) is 3. The van der Waals surface area contributed by atoms with Gasteiger partial charge in [-0.1, -0.05) is 42.5 Å². The molecule has 0 unspecified atom stereocenters. The quantitative estimate of drug-likeness (QED) is 0.216. The average molecular weight is 321 g/mol. The fourth-order valence-corrected chi connectivity index (χ4v) is 3.45. The number of aromatic amines is 1. The normalized spacial score (nSPS) is 10.6. The predicted molar refractivity (Wildman–Crippen MR) is 83.2 cm³/mol. The fourth-order valence-electron chi connectivity index (χ4n) is 1.30. The molecule has 1 rings (SSSR count). The Morgan fingerprint density at radius 3 is 2.89 bits per heavy atom. The molecule has 1 N–H and O–H groups in total. The number of thioether (sulfide) groups is 1. The third-order valence-electron chi connectivity index (χ3n) is 2.22. The molecule has 7 heteroatoms. The van der Waals surface area contributed by atoms with Gasteiger partial charge in [0, 0.05) is 5.75 Å². The smallest absolute Gasteiger partial charge is 0.188 e. The third kappa shape index (κ3) is 9.21. The Bertz CT molecular complexity index is 417. The fraction of sp³-hybridized carbons (Fsp3) is 0.667. The molecule has 19 heavy (non-hydrogen) atoms. The highest BCUT2D eigenvalue weighted by molar-refractivity contribution is 8.01. The zero-order valence-corrected chi connectivity index (χ0v) is 13.6. The van der Waals surface area contributed by atoms with Crippen molar-refractivity contribution in [2.45, 2.75) is 36.9 Å². The number of H-pyrrole nitrogens is 1. The van der Waals surface area contributed by atoms with Gasteiger partial charge >= 0.3 is 0 Å². The Hall–Kier alpha value is -0.370. The van der Waals surface area contributed by atoms with E-state index >= 15 is 0 Å². The summed E-state index contributed by atoms with van der Waals surface area (Å²) in [5.74, 6) is 1.79. The van der Waals surface area contributed by atoms with Crippen molar-refractivity contribution in [3.8, 4) is 0 Å². The van der Waals surface area contributed by atoms with Crippen molar-refractivity contribution < 1.29 is 9.47 Å². The molecule has 0 atom stereocenters. The van der Waals surface area contributed by atoms with E-state index in [0.29, 0.717) is 12.6 Å². The Balaban J connectivity index is 1.83. The van der Waals surface area contributed by atoms with Crippen molar-refractivity contribution in [1.29, 1.82) is 0 Å². The van der Waals surface area contributed by atoms with Gasteiger partial charge < -0.3 is 9.47 Å². The van der Waals surface area contributed by atoms with Crippen molar-refractivity contribution in [2.75, 3.05) is 19.2 Å². The van der Waals surface area contributed by atoms with Gasteiger partial charge in [0.25, 0.3) is 0 Å². The summed E-state index contributed by atoms with van der Waals surface area (Å²) in [7, 11) is 0. The van der Waals surface area contributed by atoms with E-state index in [-0.39, 0.29) is 0 Å². The summed E-state index contributed by atoms with van der Waals surface area (Å²) in [4.78, 5) is 0. The Morgan fingerprint density at radius 2 is 2.21 bits per heavy atom. The van der Waals surface area contributed by atoms with E-state index in [1.54, 1.807) is 11.8 Å². The van der Waals surface area contributed by atoms with Crippen molar-refractivity contribution in [1.82, 2.24) is 10.2 Å². The highest BCUT2D eigenvalue weighted by Gasteiger charge is 1.98. The van der Waals surface area contributed by atoms with E-state index in [1.807, 2.05) is 6.92 Å². The summed E-state index contributed by atoms with van der Waals surface area (Å²) in [6.07, 6.45) is 4.67. The highest BCUT2D eigenvalue weighted by atomic mass is 32.2. The van der Waals surface area contributed by atoms with Crippen LogP contribution in [0, 0.1) is 3.95 Å². The number of hydrogen-bond acceptors (Lipinski definition) is 6. The van der Waals surface area contributed by atoms with Crippen LogP contribution < -0.4 is 0 Å². The Morgan fingerprint density at radius 1 is 1.42 bits per heavy atom. The zero-order valence-electron chi connectivity index (χ0n) is 11.1. The molecule has 0 aliphatic rings. The van der Waals surface area contributed by atoms with Crippen molar-refractivity contribution in [2.24, 2.45) is 0 Å². The van der Waals surface area contributed by atoms with Crippen LogP contribution in [0.4, 0.5) is 0 Å². The van der Waals surface area contributed by atoms with Crippen molar-refractivity contribution >= 4 is 35.3 Å². The minimum Gasteiger partial charge on any atom is -0.473 e. The molecule has 4 nitrogen and oxygen atoms in total. The van der Waals surface area contributed by atoms with E-state index in [0.717, 1.165) is 27.1 Å². The predicted octanol–water partition coefficient (Wildman–Crippen LogP) is 4.38. The molecule has 0 fully saturated rings. The number of nitrogens with zero attached hydrogens (tertiary/aromatic N) is 1. The number of nitrogens with one attached hydrogen (secondary N) is 1. The monoisotopic (exact) mass is 320 g/mol. The summed E-state index contributed by atoms with van der Waals surface area (Å²) in [5.41, 5.74) is 0. The molecule has 0 radical (unpaired) electrons. The summed E-state index contributed by atoms with van der Waals surface area (Å²) in [5, 5.41) is 6.89. The molecule has 1 aromatic heterocycles. The topological polar surface area (TPSA) is 47.1 Å². The van der Waals surface area contributed by atoms with Crippen LogP contribution in [0.2, 0.25) is 0 Å². The molecule has 0 saturated carbocycles. The molecule has 0 amide bonds. The first-order valence-corrected chi connectivity index (χ1v) is 8.44. The van der Waals surface area contributed by atoms with Gasteiger partial charge in [0.1, 0.15) is 0 Å². The van der Waals surface area contributed by atoms with Gasteiger partial charge in [0.15, 0.2) is 15.1 Å². The van der Waals surface area contributed by atoms with Crippen molar-refractivity contribution in [3.63, 3.8) is 0 Å². The maximum atomic E-state index is 5.31. The van der Waals surface area contributed by atoms with Gasteiger partial charge in [-0.25, -0.2) is 0 Å². The summed E-state index contributed by atoms with van der Waals surface area (Å²) in [6, 6.07) is 0. The Labute approximate surface area is 127 Å². The third-order valence-corrected chi connectivity index (χ3v) is 4.53. The molecule has 0 spiro atoms. The van der Waals surface area contributed by atoms with Gasteiger partial charge in [0.2, 0.25) is 0 Å². The van der Waals surface area contributed by atoms with Crippen LogP contribution in [-0.2, 0) is 9.47 Å². The molecular weight excluding hydrogens is 300 g/mol. The van der Waals surface area contributed by atoms with Crippen LogP contribution in [0.5, 0.6) is 0 Å². The molecular formula is C12H20N2O2S3. The van der Waals surface area contributed by atoms with Gasteiger partial charge in [-0.05, 0) is 32.0 Å². The van der Waals surface area contributed by atoms with Gasteiger partial charge in [-0.3, -0.25) is 5.10 Å². The number of aromatic nitrogens is 2. The first-order chi connectivity index (χ1) is 9.18. The number of hydrogen-bond donors (Lipinski definition) is 1. The lowest BCUT2D eigenvalue weighted by molar-refractivity contribution is -0.0233. The van der Waals surface area contributed by atoms with Gasteiger partial charge in [-0.2, -0.15) is 5.10 Å². The highest BCUT2D eigenvalue weighted by Crippen LogP contribution is 2.21. The van der Waals surface area contributed by atoms with E-state index in [9.17, 15) is 0 Å². The van der Waals surface area contributed by atoms with E-state index in [2.05, 4.69) is 16.8 Å². The molecule has 0 bridgehead atoms. The van der Waals surface area contributed by atoms with E-state index in [4.69, 9.17) is 21.7 Å². The molecule has 0 aliphatic heterocycles. The van der Waals surface area contributed by atoms with Crippen molar-refractivity contribution in [3.05, 3.63) is 16.3 Å². The SMILES string of the molecule is C=C(C)OCOCCCCCCSc1n[nH]c(=S)s1. The second-order valence-electron chi connectivity index (χ2n) is 4.01. The maximum absolute atomic E-state index is 5.31. The molecule has 0 aromatic carbocycles. The van der Waals surface area contributed by atoms with Crippen LogP contribution in [0.15, 0.2) is 16.7 Å². The van der Waals surface area contributed by atoms with Crippen LogP contribution >= 0.6 is 35.3 Å². The minimum atomic E-state index is 0.315. The molecule has 0 saturated heterocycles. The molecule has 0 aliphatic carbocycles. The van der Waals surface area contributed by atoms with E-state index in [1.165, 1.54) is 30.6 Å². The summed E-state index contributed by atoms with van der Waals surface area (Å²) >= 11 is 8.28. The van der Waals surface area contributed by atoms with Gasteiger partial charge in [-0.15, -0.1) is 0 Å². The van der Waals surface area contributed by atoms with Crippen LogP contribution in [0.25, 0.3) is 0 Å². The average Bonchev–Trinajstić information content (AvgIpc) is 2.77. The summed E-state index contributed by atoms with van der Waals surface area (Å²) < 4.78 is 12.2. The first kappa shape index (κ1) is 16.7. The van der Waals surface area contributed by atoms with Gasteiger partial charge in [0.05, 0.1) is 12.4 Å². The second kappa shape index (κ2) is 10.4. The first-order valence-electron chi connectivity index (χ1n) is 6.23. The summed E-state index contributed by atoms with van der Waals surface area (Å²) in [6.45, 7) is 6.51. The lowest BCUT2D eigenvalue weighted by Crippen LogP contribution is -1.99. The lowest BCUT2D eigenvalue weighted by Gasteiger charge is -2.06. The van der Waals surface area contributed by atoms with E-state index < -0.39 is 0 Å².